The van der Waals surface area contributed by atoms with Crippen molar-refractivity contribution in [3.8, 4) is 5.75 Å². The molecule has 0 saturated carbocycles. The Kier molecular flexibility index (Phi) is 7.97. The highest BCUT2D eigenvalue weighted by molar-refractivity contribution is 9.13. The topological polar surface area (TPSA) is 70.2 Å². The van der Waals surface area contributed by atoms with Crippen molar-refractivity contribution < 1.29 is 17.9 Å². The van der Waals surface area contributed by atoms with Crippen LogP contribution in [0.3, 0.4) is 0 Å². The minimum Gasteiger partial charge on any atom is -0.495 e. The Balaban J connectivity index is 1.36. The third-order valence-corrected chi connectivity index (χ3v) is 12.6. The number of piperazine rings is 1. The molecule has 5 rings (SSSR count). The third-order valence-electron chi connectivity index (χ3n) is 7.07. The monoisotopic (exact) mass is 667 g/mol. The summed E-state index contributed by atoms with van der Waals surface area (Å²) in [6, 6.07) is 19.3. The second-order valence-electron chi connectivity index (χ2n) is 9.12. The highest BCUT2D eigenvalue weighted by Gasteiger charge is 2.45. The fourth-order valence-corrected chi connectivity index (χ4v) is 9.59. The standard InChI is InChI=1S/C26H27Br2N3O4S2/c1-35-23-10-6-5-9-22(23)29-11-13-30(14-12-29)26(32)20-17-31(16-19(20)18-7-3-2-4-8-18)37(33,34)24-15-21(27)25(28)36-24/h2-10,15,19-20H,11-14,16-17H2,1H3. The molecule has 0 spiro atoms. The molecule has 2 saturated heterocycles. The van der Waals surface area contributed by atoms with Gasteiger partial charge in [-0.05, 0) is 55.6 Å². The van der Waals surface area contributed by atoms with Crippen molar-refractivity contribution in [2.24, 2.45) is 5.92 Å². The second-order valence-corrected chi connectivity index (χ2v) is 14.5. The molecule has 0 aliphatic carbocycles. The molecular weight excluding hydrogens is 642 g/mol. The number of carbonyl (C=O) groups excluding carboxylic acids is 1. The summed E-state index contributed by atoms with van der Waals surface area (Å²) in [6.45, 7) is 2.97. The van der Waals surface area contributed by atoms with E-state index in [-0.39, 0.29) is 29.1 Å². The first kappa shape index (κ1) is 26.7. The van der Waals surface area contributed by atoms with Crippen molar-refractivity contribution in [1.82, 2.24) is 9.21 Å². The summed E-state index contributed by atoms with van der Waals surface area (Å²) in [7, 11) is -2.07. The fraction of sp³-hybridized carbons (Fsp3) is 0.346. The maximum atomic E-state index is 13.9. The van der Waals surface area contributed by atoms with Gasteiger partial charge in [-0.3, -0.25) is 4.79 Å². The van der Waals surface area contributed by atoms with Crippen LogP contribution in [0.4, 0.5) is 5.69 Å². The molecule has 2 unspecified atom stereocenters. The van der Waals surface area contributed by atoms with Crippen molar-refractivity contribution in [3.63, 3.8) is 0 Å². The molecule has 2 aliphatic rings. The average molecular weight is 669 g/mol. The number of methoxy groups -OCH3 is 1. The number of thiophene rings is 1. The summed E-state index contributed by atoms with van der Waals surface area (Å²) in [5, 5.41) is 0. The molecule has 37 heavy (non-hydrogen) atoms. The first-order chi connectivity index (χ1) is 17.8. The first-order valence-corrected chi connectivity index (χ1v) is 15.8. The summed E-state index contributed by atoms with van der Waals surface area (Å²) in [5.41, 5.74) is 2.01. The van der Waals surface area contributed by atoms with Gasteiger partial charge in [-0.1, -0.05) is 42.5 Å². The van der Waals surface area contributed by atoms with Crippen molar-refractivity contribution in [3.05, 3.63) is 74.5 Å². The second kappa shape index (κ2) is 11.1. The quantitative estimate of drug-likeness (QED) is 0.369. The number of hydrogen-bond acceptors (Lipinski definition) is 6. The number of sulfonamides is 1. The average Bonchev–Trinajstić information content (AvgIpc) is 3.53. The van der Waals surface area contributed by atoms with Crippen LogP contribution >= 0.6 is 43.2 Å². The van der Waals surface area contributed by atoms with Gasteiger partial charge >= 0.3 is 0 Å². The van der Waals surface area contributed by atoms with Crippen LogP contribution in [0.2, 0.25) is 0 Å². The smallest absolute Gasteiger partial charge is 0.252 e. The minimum absolute atomic E-state index is 0.0137. The molecule has 3 heterocycles. The predicted molar refractivity (Wildman–Crippen MR) is 153 cm³/mol. The van der Waals surface area contributed by atoms with Crippen molar-refractivity contribution >= 4 is 64.8 Å². The van der Waals surface area contributed by atoms with E-state index in [1.54, 1.807) is 13.2 Å². The lowest BCUT2D eigenvalue weighted by atomic mass is 9.88. The number of carbonyl (C=O) groups is 1. The maximum absolute atomic E-state index is 13.9. The molecule has 2 aromatic carbocycles. The molecule has 2 fully saturated rings. The van der Waals surface area contributed by atoms with Gasteiger partial charge in [0, 0.05) is 49.7 Å². The van der Waals surface area contributed by atoms with Gasteiger partial charge in [-0.15, -0.1) is 11.3 Å². The number of rotatable bonds is 6. The zero-order valence-electron chi connectivity index (χ0n) is 20.2. The number of ether oxygens (including phenoxy) is 1. The summed E-state index contributed by atoms with van der Waals surface area (Å²) in [6.07, 6.45) is 0. The molecule has 196 valence electrons. The molecule has 0 N–H and O–H groups in total. The molecule has 0 bridgehead atoms. The zero-order valence-corrected chi connectivity index (χ0v) is 25.0. The van der Waals surface area contributed by atoms with Crippen molar-refractivity contribution in [1.29, 1.82) is 0 Å². The molecule has 2 atom stereocenters. The van der Waals surface area contributed by atoms with Gasteiger partial charge in [0.25, 0.3) is 10.0 Å². The summed E-state index contributed by atoms with van der Waals surface area (Å²) < 4.78 is 35.7. The van der Waals surface area contributed by atoms with Crippen molar-refractivity contribution in [2.75, 3.05) is 51.3 Å². The van der Waals surface area contributed by atoms with E-state index in [0.29, 0.717) is 30.7 Å². The SMILES string of the molecule is COc1ccccc1N1CCN(C(=O)C2CN(S(=O)(=O)c3cc(Br)c(Br)s3)CC2c2ccccc2)CC1. The number of benzene rings is 2. The summed E-state index contributed by atoms with van der Waals surface area (Å²) in [4.78, 5) is 18.0. The van der Waals surface area contributed by atoms with Crippen LogP contribution in [-0.4, -0.2) is 69.9 Å². The van der Waals surface area contributed by atoms with Crippen molar-refractivity contribution in [2.45, 2.75) is 10.1 Å². The molecule has 0 radical (unpaired) electrons. The van der Waals surface area contributed by atoms with E-state index in [1.807, 2.05) is 59.5 Å². The van der Waals surface area contributed by atoms with Crippen LogP contribution in [0.1, 0.15) is 11.5 Å². The van der Waals surface area contributed by atoms with Crippen LogP contribution in [0.5, 0.6) is 5.75 Å². The zero-order chi connectivity index (χ0) is 26.2. The Labute approximate surface area is 238 Å². The lowest BCUT2D eigenvalue weighted by Crippen LogP contribution is -2.51. The van der Waals surface area contributed by atoms with Gasteiger partial charge in [0.05, 0.1) is 22.5 Å². The minimum atomic E-state index is -3.73. The number of para-hydroxylation sites is 2. The molecule has 11 heteroatoms. The maximum Gasteiger partial charge on any atom is 0.252 e. The first-order valence-electron chi connectivity index (χ1n) is 12.0. The molecule has 1 amide bonds. The third kappa shape index (κ3) is 5.34. The number of hydrogen-bond donors (Lipinski definition) is 0. The molecule has 3 aromatic rings. The number of anilines is 1. The number of halogens is 2. The van der Waals surface area contributed by atoms with E-state index >= 15 is 0 Å². The highest BCUT2D eigenvalue weighted by atomic mass is 79.9. The Hall–Kier alpha value is -1.92. The Morgan fingerprint density at radius 1 is 0.973 bits per heavy atom. The molecule has 2 aliphatic heterocycles. The van der Waals surface area contributed by atoms with E-state index in [9.17, 15) is 13.2 Å². The lowest BCUT2D eigenvalue weighted by molar-refractivity contribution is -0.135. The predicted octanol–water partition coefficient (Wildman–Crippen LogP) is 5.03. The van der Waals surface area contributed by atoms with Gasteiger partial charge in [0.1, 0.15) is 9.96 Å². The van der Waals surface area contributed by atoms with Crippen LogP contribution in [0.15, 0.2) is 73.1 Å². The van der Waals surface area contributed by atoms with E-state index in [2.05, 4.69) is 36.8 Å². The van der Waals surface area contributed by atoms with Crippen LogP contribution < -0.4 is 9.64 Å². The Morgan fingerprint density at radius 2 is 1.65 bits per heavy atom. The summed E-state index contributed by atoms with van der Waals surface area (Å²) >= 11 is 7.96. The van der Waals surface area contributed by atoms with Gasteiger partial charge in [0.2, 0.25) is 5.91 Å². The molecule has 1 aromatic heterocycles. The van der Waals surface area contributed by atoms with Gasteiger partial charge in [0.15, 0.2) is 0 Å². The van der Waals surface area contributed by atoms with Gasteiger partial charge in [-0.25, -0.2) is 8.42 Å². The van der Waals surface area contributed by atoms with Gasteiger partial charge in [-0.2, -0.15) is 4.31 Å². The fourth-order valence-electron chi connectivity index (χ4n) is 5.13. The molecule has 7 nitrogen and oxygen atoms in total. The van der Waals surface area contributed by atoms with E-state index in [4.69, 9.17) is 4.74 Å². The van der Waals surface area contributed by atoms with Crippen LogP contribution in [0, 0.1) is 5.92 Å². The Morgan fingerprint density at radius 3 is 2.30 bits per heavy atom. The number of nitrogens with zero attached hydrogens (tertiary/aromatic N) is 3. The van der Waals surface area contributed by atoms with Crippen LogP contribution in [-0.2, 0) is 14.8 Å². The summed E-state index contributed by atoms with van der Waals surface area (Å²) in [5.74, 6) is 0.180. The van der Waals surface area contributed by atoms with Gasteiger partial charge < -0.3 is 14.5 Å². The molecular formula is C26H27Br2N3O4S2. The highest BCUT2D eigenvalue weighted by Crippen LogP contribution is 2.41. The van der Waals surface area contributed by atoms with E-state index in [1.165, 1.54) is 15.6 Å². The largest absolute Gasteiger partial charge is 0.495 e. The van der Waals surface area contributed by atoms with Crippen LogP contribution in [0.25, 0.3) is 0 Å². The normalized spacial score (nSPS) is 20.8. The Bertz CT molecular complexity index is 1360. The van der Waals surface area contributed by atoms with E-state index in [0.717, 1.165) is 20.8 Å². The lowest BCUT2D eigenvalue weighted by Gasteiger charge is -2.38. The number of amides is 1. The van der Waals surface area contributed by atoms with E-state index < -0.39 is 15.9 Å².